The topological polar surface area (TPSA) is 62.7 Å². The monoisotopic (exact) mass is 355 g/mol. The Morgan fingerprint density at radius 1 is 1.12 bits per heavy atom. The lowest BCUT2D eigenvalue weighted by Crippen LogP contribution is -2.04. The molecule has 3 rings (SSSR count). The van der Waals surface area contributed by atoms with E-state index in [1.54, 1.807) is 31.2 Å². The average Bonchev–Trinajstić information content (AvgIpc) is 2.58. The Kier molecular flexibility index (Phi) is 4.39. The van der Waals surface area contributed by atoms with Gasteiger partial charge < -0.3 is 5.73 Å². The van der Waals surface area contributed by atoms with Crippen molar-refractivity contribution in [2.24, 2.45) is 0 Å². The predicted octanol–water partition coefficient (Wildman–Crippen LogP) is 5.11. The smallest absolute Gasteiger partial charge is 0.142 e. The first-order chi connectivity index (χ1) is 11.9. The number of halogens is 3. The molecule has 3 aromatic rings. The molecule has 6 heteroatoms. The molecular weight excluding hydrogens is 344 g/mol. The van der Waals surface area contributed by atoms with Gasteiger partial charge in [0.1, 0.15) is 29.1 Å². The number of rotatable bonds is 2. The number of pyridine rings is 1. The molecule has 0 fully saturated rings. The normalized spacial score (nSPS) is 10.5. The third-order valence-electron chi connectivity index (χ3n) is 3.90. The zero-order valence-electron chi connectivity index (χ0n) is 13.1. The molecule has 0 bridgehead atoms. The van der Waals surface area contributed by atoms with Crippen LogP contribution in [0.1, 0.15) is 11.1 Å². The van der Waals surface area contributed by atoms with Gasteiger partial charge in [-0.25, -0.2) is 13.8 Å². The number of hydrogen-bond acceptors (Lipinski definition) is 3. The summed E-state index contributed by atoms with van der Waals surface area (Å²) >= 11 is 5.91. The highest BCUT2D eigenvalue weighted by Crippen LogP contribution is 2.37. The van der Waals surface area contributed by atoms with Crippen molar-refractivity contribution in [1.82, 2.24) is 4.98 Å². The number of nitriles is 1. The van der Waals surface area contributed by atoms with Crippen molar-refractivity contribution in [2.75, 3.05) is 5.73 Å². The summed E-state index contributed by atoms with van der Waals surface area (Å²) in [6.45, 7) is 1.72. The van der Waals surface area contributed by atoms with E-state index in [2.05, 4.69) is 4.98 Å². The third-order valence-corrected chi connectivity index (χ3v) is 4.15. The van der Waals surface area contributed by atoms with Crippen molar-refractivity contribution < 1.29 is 8.78 Å². The molecular formula is C19H12ClF2N3. The minimum absolute atomic E-state index is 0.0169. The van der Waals surface area contributed by atoms with Crippen LogP contribution in [0.5, 0.6) is 0 Å². The molecule has 0 aliphatic rings. The lowest BCUT2D eigenvalue weighted by Gasteiger charge is -2.15. The standard InChI is InChI=1S/C19H12ClF2N3/c1-10-17(14-7-6-13(21)8-16(14)22)15(9-23)19(24)25-18(10)11-2-4-12(20)5-3-11/h2-8H,1H3,(H2,24,25). The molecule has 124 valence electrons. The molecule has 2 aromatic carbocycles. The fraction of sp³-hybridized carbons (Fsp3) is 0.0526. The van der Waals surface area contributed by atoms with Crippen LogP contribution in [0.3, 0.4) is 0 Å². The van der Waals surface area contributed by atoms with E-state index in [9.17, 15) is 14.0 Å². The van der Waals surface area contributed by atoms with Gasteiger partial charge in [-0.2, -0.15) is 5.26 Å². The van der Waals surface area contributed by atoms with Crippen LogP contribution in [-0.4, -0.2) is 4.98 Å². The van der Waals surface area contributed by atoms with Crippen LogP contribution >= 0.6 is 11.6 Å². The summed E-state index contributed by atoms with van der Waals surface area (Å²) in [4.78, 5) is 4.29. The molecule has 0 aliphatic carbocycles. The Morgan fingerprint density at radius 3 is 2.40 bits per heavy atom. The molecule has 25 heavy (non-hydrogen) atoms. The highest BCUT2D eigenvalue weighted by molar-refractivity contribution is 6.30. The number of nitrogens with zero attached hydrogens (tertiary/aromatic N) is 2. The van der Waals surface area contributed by atoms with E-state index in [4.69, 9.17) is 17.3 Å². The molecule has 0 spiro atoms. The molecule has 0 radical (unpaired) electrons. The Labute approximate surface area is 148 Å². The summed E-state index contributed by atoms with van der Waals surface area (Å²) in [5.74, 6) is -1.48. The SMILES string of the molecule is Cc1c(-c2ccc(Cl)cc2)nc(N)c(C#N)c1-c1ccc(F)cc1F. The Hall–Kier alpha value is -2.97. The van der Waals surface area contributed by atoms with Crippen molar-refractivity contribution in [2.45, 2.75) is 6.92 Å². The fourth-order valence-electron chi connectivity index (χ4n) is 2.73. The van der Waals surface area contributed by atoms with Crippen LogP contribution in [0, 0.1) is 29.9 Å². The maximum absolute atomic E-state index is 14.3. The quantitative estimate of drug-likeness (QED) is 0.694. The summed E-state index contributed by atoms with van der Waals surface area (Å²) in [5, 5.41) is 10.0. The summed E-state index contributed by atoms with van der Waals surface area (Å²) in [6.07, 6.45) is 0. The number of benzene rings is 2. The van der Waals surface area contributed by atoms with Gasteiger partial charge in [0.15, 0.2) is 0 Å². The highest BCUT2D eigenvalue weighted by Gasteiger charge is 2.20. The van der Waals surface area contributed by atoms with Gasteiger partial charge in [-0.1, -0.05) is 23.7 Å². The van der Waals surface area contributed by atoms with Crippen LogP contribution in [-0.2, 0) is 0 Å². The molecule has 1 heterocycles. The maximum Gasteiger partial charge on any atom is 0.142 e. The van der Waals surface area contributed by atoms with E-state index in [1.165, 1.54) is 6.07 Å². The molecule has 0 atom stereocenters. The maximum atomic E-state index is 14.3. The van der Waals surface area contributed by atoms with Crippen LogP contribution in [0.2, 0.25) is 5.02 Å². The summed E-state index contributed by atoms with van der Waals surface area (Å²) in [7, 11) is 0. The molecule has 2 N–H and O–H groups in total. The molecule has 0 aliphatic heterocycles. The second-order valence-corrected chi connectivity index (χ2v) is 5.90. The van der Waals surface area contributed by atoms with Gasteiger partial charge in [-0.3, -0.25) is 0 Å². The van der Waals surface area contributed by atoms with Crippen LogP contribution in [0.4, 0.5) is 14.6 Å². The van der Waals surface area contributed by atoms with Crippen molar-refractivity contribution >= 4 is 17.4 Å². The van der Waals surface area contributed by atoms with Crippen LogP contribution < -0.4 is 5.73 Å². The number of hydrogen-bond donors (Lipinski definition) is 1. The number of anilines is 1. The van der Waals surface area contributed by atoms with Gasteiger partial charge in [0.25, 0.3) is 0 Å². The average molecular weight is 356 g/mol. The van der Waals surface area contributed by atoms with Crippen molar-refractivity contribution in [3.8, 4) is 28.5 Å². The minimum Gasteiger partial charge on any atom is -0.383 e. The zero-order chi connectivity index (χ0) is 18.1. The lowest BCUT2D eigenvalue weighted by atomic mass is 9.92. The van der Waals surface area contributed by atoms with Gasteiger partial charge in [0.05, 0.1) is 5.69 Å². The molecule has 0 saturated heterocycles. The Morgan fingerprint density at radius 2 is 1.80 bits per heavy atom. The van der Waals surface area contributed by atoms with E-state index >= 15 is 0 Å². The van der Waals surface area contributed by atoms with Gasteiger partial charge >= 0.3 is 0 Å². The summed E-state index contributed by atoms with van der Waals surface area (Å²) in [5.41, 5.74) is 8.18. The fourth-order valence-corrected chi connectivity index (χ4v) is 2.85. The van der Waals surface area contributed by atoms with Crippen molar-refractivity contribution in [3.05, 3.63) is 70.2 Å². The van der Waals surface area contributed by atoms with Gasteiger partial charge in [0.2, 0.25) is 0 Å². The van der Waals surface area contributed by atoms with Crippen LogP contribution in [0.25, 0.3) is 22.4 Å². The van der Waals surface area contributed by atoms with E-state index in [0.29, 0.717) is 21.8 Å². The first-order valence-corrected chi connectivity index (χ1v) is 7.71. The Bertz CT molecular complexity index is 1010. The van der Waals surface area contributed by atoms with Crippen molar-refractivity contribution in [1.29, 1.82) is 5.26 Å². The molecule has 1 aromatic heterocycles. The van der Waals surface area contributed by atoms with Crippen molar-refractivity contribution in [3.63, 3.8) is 0 Å². The predicted molar refractivity (Wildman–Crippen MR) is 93.9 cm³/mol. The van der Waals surface area contributed by atoms with Gasteiger partial charge in [-0.05, 0) is 36.8 Å². The third kappa shape index (κ3) is 3.04. The first-order valence-electron chi connectivity index (χ1n) is 7.34. The number of nitrogens with two attached hydrogens (primary N) is 1. The number of aromatic nitrogens is 1. The lowest BCUT2D eigenvalue weighted by molar-refractivity contribution is 0.585. The van der Waals surface area contributed by atoms with E-state index in [1.807, 2.05) is 6.07 Å². The molecule has 0 saturated carbocycles. The van der Waals surface area contributed by atoms with Gasteiger partial charge in [0, 0.05) is 27.8 Å². The molecule has 3 nitrogen and oxygen atoms in total. The zero-order valence-corrected chi connectivity index (χ0v) is 13.9. The highest BCUT2D eigenvalue weighted by atomic mass is 35.5. The Balaban J connectivity index is 2.34. The molecule has 0 amide bonds. The van der Waals surface area contributed by atoms with Gasteiger partial charge in [-0.15, -0.1) is 0 Å². The summed E-state index contributed by atoms with van der Waals surface area (Å²) < 4.78 is 27.6. The second kappa shape index (κ2) is 6.50. The summed E-state index contributed by atoms with van der Waals surface area (Å²) in [6, 6.07) is 12.1. The van der Waals surface area contributed by atoms with Crippen LogP contribution in [0.15, 0.2) is 42.5 Å². The van der Waals surface area contributed by atoms with E-state index in [-0.39, 0.29) is 16.9 Å². The second-order valence-electron chi connectivity index (χ2n) is 5.46. The minimum atomic E-state index is -0.771. The van der Waals surface area contributed by atoms with E-state index in [0.717, 1.165) is 17.7 Å². The number of nitrogen functional groups attached to an aromatic ring is 1. The largest absolute Gasteiger partial charge is 0.383 e. The molecule has 0 unspecified atom stereocenters. The first kappa shape index (κ1) is 16.9. The van der Waals surface area contributed by atoms with E-state index < -0.39 is 11.6 Å².